The quantitative estimate of drug-likeness (QED) is 0.490. The highest BCUT2D eigenvalue weighted by Crippen LogP contribution is 2.36. The number of rotatable bonds is 3. The van der Waals surface area contributed by atoms with Gasteiger partial charge in [-0.15, -0.1) is 0 Å². The first-order valence-electron chi connectivity index (χ1n) is 7.90. The fourth-order valence-electron chi connectivity index (χ4n) is 3.18. The van der Waals surface area contributed by atoms with Crippen LogP contribution in [-0.2, 0) is 16.0 Å². The zero-order chi connectivity index (χ0) is 19.9. The minimum absolute atomic E-state index is 0.0361. The van der Waals surface area contributed by atoms with Crippen molar-refractivity contribution in [1.82, 2.24) is 9.88 Å². The van der Waals surface area contributed by atoms with Crippen molar-refractivity contribution in [1.29, 1.82) is 0 Å². The van der Waals surface area contributed by atoms with E-state index >= 15 is 0 Å². The van der Waals surface area contributed by atoms with Crippen molar-refractivity contribution in [3.63, 3.8) is 0 Å². The molecule has 4 amide bonds. The maximum atomic E-state index is 13.2. The highest BCUT2D eigenvalue weighted by Gasteiger charge is 2.56. The van der Waals surface area contributed by atoms with Crippen LogP contribution in [0, 0.1) is 0 Å². The lowest BCUT2D eigenvalue weighted by molar-refractivity contribution is -0.135. The maximum Gasteiger partial charge on any atom is 0.339 e. The van der Waals surface area contributed by atoms with Gasteiger partial charge in [0.1, 0.15) is 15.8 Å². The van der Waals surface area contributed by atoms with E-state index in [1.54, 1.807) is 6.92 Å². The fraction of sp³-hybridized carbons (Fsp3) is 0.222. The van der Waals surface area contributed by atoms with Crippen molar-refractivity contribution >= 4 is 62.7 Å². The van der Waals surface area contributed by atoms with Gasteiger partial charge in [0, 0.05) is 17.8 Å². The number of carbonyl (C=O) groups excluding carboxylic acids is 3. The molecule has 0 saturated carbocycles. The predicted molar refractivity (Wildman–Crippen MR) is 106 cm³/mol. The van der Waals surface area contributed by atoms with Gasteiger partial charge in [0.25, 0.3) is 5.91 Å². The summed E-state index contributed by atoms with van der Waals surface area (Å²) < 4.78 is 0.886. The number of urea groups is 1. The molecule has 3 rings (SSSR count). The molecule has 1 atom stereocenters. The molecule has 2 heterocycles. The molecule has 1 aliphatic heterocycles. The summed E-state index contributed by atoms with van der Waals surface area (Å²) in [4.78, 5) is 44.1. The van der Waals surface area contributed by atoms with Gasteiger partial charge in [-0.25, -0.2) is 19.6 Å². The Bertz CT molecular complexity index is 931. The monoisotopic (exact) mass is 469 g/mol. The third-order valence-corrected chi connectivity index (χ3v) is 5.24. The van der Waals surface area contributed by atoms with E-state index in [4.69, 9.17) is 23.2 Å². The highest BCUT2D eigenvalue weighted by molar-refractivity contribution is 9.10. The Labute approximate surface area is 174 Å². The molecule has 0 bridgehead atoms. The molecule has 0 spiro atoms. The minimum atomic E-state index is -1.38. The molecule has 1 fully saturated rings. The van der Waals surface area contributed by atoms with Crippen molar-refractivity contribution in [2.24, 2.45) is 0 Å². The first-order valence-corrected chi connectivity index (χ1v) is 9.45. The number of nitrogens with zero attached hydrogens (tertiary/aromatic N) is 3. The number of amides is 4. The van der Waals surface area contributed by atoms with Crippen LogP contribution < -0.4 is 4.90 Å². The molecule has 0 radical (unpaired) electrons. The molecule has 1 aliphatic rings. The van der Waals surface area contributed by atoms with Crippen LogP contribution in [0.25, 0.3) is 0 Å². The van der Waals surface area contributed by atoms with Crippen LogP contribution in [0.2, 0.25) is 10.3 Å². The molecule has 1 aromatic heterocycles. The van der Waals surface area contributed by atoms with Gasteiger partial charge >= 0.3 is 6.03 Å². The van der Waals surface area contributed by atoms with E-state index in [1.165, 1.54) is 19.1 Å². The van der Waals surface area contributed by atoms with E-state index in [0.717, 1.165) is 19.8 Å². The predicted octanol–water partition coefficient (Wildman–Crippen LogP) is 4.47. The lowest BCUT2D eigenvalue weighted by Crippen LogP contribution is -2.51. The summed E-state index contributed by atoms with van der Waals surface area (Å²) in [6.07, 6.45) is 0.174. The molecular weight excluding hydrogens is 457 g/mol. The Morgan fingerprint density at radius 2 is 1.70 bits per heavy atom. The van der Waals surface area contributed by atoms with Gasteiger partial charge in [-0.1, -0.05) is 51.3 Å². The zero-order valence-electron chi connectivity index (χ0n) is 14.4. The smallest absolute Gasteiger partial charge is 0.275 e. The Morgan fingerprint density at radius 1 is 1.15 bits per heavy atom. The summed E-state index contributed by atoms with van der Waals surface area (Å²) >= 11 is 15.2. The largest absolute Gasteiger partial charge is 0.339 e. The SMILES string of the molecule is CC(=O)N1C(=O)N(c2cc(Cl)nc(Cl)c2)C(=O)[C@@]1(C)Cc1ccc(Br)cc1. The van der Waals surface area contributed by atoms with Crippen LogP contribution in [0.1, 0.15) is 19.4 Å². The van der Waals surface area contributed by atoms with Crippen molar-refractivity contribution in [3.8, 4) is 0 Å². The second-order valence-corrected chi connectivity index (χ2v) is 8.02. The van der Waals surface area contributed by atoms with Crippen molar-refractivity contribution in [3.05, 3.63) is 56.7 Å². The van der Waals surface area contributed by atoms with Gasteiger partial charge in [-0.05, 0) is 36.8 Å². The molecular formula is C18H14BrCl2N3O3. The Hall–Kier alpha value is -1.96. The van der Waals surface area contributed by atoms with E-state index in [2.05, 4.69) is 20.9 Å². The summed E-state index contributed by atoms with van der Waals surface area (Å²) in [5.41, 5.74) is -0.402. The fourth-order valence-corrected chi connectivity index (χ4v) is 3.89. The minimum Gasteiger partial charge on any atom is -0.275 e. The normalized spacial score (nSPS) is 19.7. The van der Waals surface area contributed by atoms with Crippen molar-refractivity contribution < 1.29 is 14.4 Å². The molecule has 140 valence electrons. The maximum absolute atomic E-state index is 13.2. The van der Waals surface area contributed by atoms with Gasteiger partial charge in [0.15, 0.2) is 0 Å². The lowest BCUT2D eigenvalue weighted by Gasteiger charge is -2.29. The standard InChI is InChI=1S/C18H14BrCl2N3O3/c1-10(25)24-17(27)23(13-7-14(20)22-15(21)8-13)16(26)18(24,2)9-11-3-5-12(19)6-4-11/h3-8H,9H2,1-2H3/t18-/m1/s1. The number of imide groups is 2. The average Bonchev–Trinajstić information content (AvgIpc) is 2.75. The summed E-state index contributed by atoms with van der Waals surface area (Å²) in [7, 11) is 0. The summed E-state index contributed by atoms with van der Waals surface area (Å²) in [6, 6.07) is 9.28. The summed E-state index contributed by atoms with van der Waals surface area (Å²) in [5.74, 6) is -1.06. The average molecular weight is 471 g/mol. The number of carbonyl (C=O) groups is 3. The third-order valence-electron chi connectivity index (χ3n) is 4.32. The van der Waals surface area contributed by atoms with Gasteiger partial charge in [-0.3, -0.25) is 9.59 Å². The lowest BCUT2D eigenvalue weighted by atomic mass is 9.91. The molecule has 2 aromatic rings. The Kier molecular flexibility index (Phi) is 5.29. The van der Waals surface area contributed by atoms with E-state index in [0.29, 0.717) is 0 Å². The molecule has 1 aromatic carbocycles. The summed E-state index contributed by atoms with van der Waals surface area (Å²) in [5, 5.41) is 0.0722. The molecule has 1 saturated heterocycles. The van der Waals surface area contributed by atoms with Gasteiger partial charge in [0.2, 0.25) is 5.91 Å². The third kappa shape index (κ3) is 3.59. The number of benzene rings is 1. The van der Waals surface area contributed by atoms with E-state index in [9.17, 15) is 14.4 Å². The van der Waals surface area contributed by atoms with Crippen molar-refractivity contribution in [2.45, 2.75) is 25.8 Å². The second kappa shape index (κ2) is 7.22. The molecule has 0 aliphatic carbocycles. The van der Waals surface area contributed by atoms with Crippen LogP contribution >= 0.6 is 39.1 Å². The molecule has 9 heteroatoms. The molecule has 0 unspecified atom stereocenters. The van der Waals surface area contributed by atoms with Crippen molar-refractivity contribution in [2.75, 3.05) is 4.90 Å². The molecule has 0 N–H and O–H groups in total. The van der Waals surface area contributed by atoms with Crippen LogP contribution in [0.5, 0.6) is 0 Å². The Morgan fingerprint density at radius 3 is 2.22 bits per heavy atom. The second-order valence-electron chi connectivity index (χ2n) is 6.33. The number of hydrogen-bond acceptors (Lipinski definition) is 4. The van der Waals surface area contributed by atoms with Gasteiger partial charge in [-0.2, -0.15) is 0 Å². The Balaban J connectivity index is 2.07. The first kappa shape index (κ1) is 19.8. The highest BCUT2D eigenvalue weighted by atomic mass is 79.9. The van der Waals surface area contributed by atoms with Gasteiger partial charge < -0.3 is 0 Å². The number of anilines is 1. The van der Waals surface area contributed by atoms with E-state index in [1.807, 2.05) is 24.3 Å². The topological polar surface area (TPSA) is 70.6 Å². The van der Waals surface area contributed by atoms with Crippen LogP contribution in [0.15, 0.2) is 40.9 Å². The van der Waals surface area contributed by atoms with Crippen LogP contribution in [-0.4, -0.2) is 33.3 Å². The number of halogens is 3. The summed E-state index contributed by atoms with van der Waals surface area (Å²) in [6.45, 7) is 2.82. The number of hydrogen-bond donors (Lipinski definition) is 0. The first-order chi connectivity index (χ1) is 12.6. The van der Waals surface area contributed by atoms with Crippen LogP contribution in [0.3, 0.4) is 0 Å². The molecule has 6 nitrogen and oxygen atoms in total. The van der Waals surface area contributed by atoms with Gasteiger partial charge in [0.05, 0.1) is 5.69 Å². The number of pyridine rings is 1. The number of aromatic nitrogens is 1. The van der Waals surface area contributed by atoms with E-state index in [-0.39, 0.29) is 22.4 Å². The van der Waals surface area contributed by atoms with E-state index < -0.39 is 23.4 Å². The molecule has 27 heavy (non-hydrogen) atoms. The van der Waals surface area contributed by atoms with Crippen LogP contribution in [0.4, 0.5) is 10.5 Å². The zero-order valence-corrected chi connectivity index (χ0v) is 17.5.